The van der Waals surface area contributed by atoms with Gasteiger partial charge >= 0.3 is 0 Å². The van der Waals surface area contributed by atoms with Crippen molar-refractivity contribution in [3.8, 4) is 0 Å². The van der Waals surface area contributed by atoms with Crippen LogP contribution < -0.4 is 5.73 Å². The zero-order valence-electron chi connectivity index (χ0n) is 8.88. The number of hydrogen-bond acceptors (Lipinski definition) is 3. The topological polar surface area (TPSA) is 51.8 Å². The fourth-order valence-corrected chi connectivity index (χ4v) is 1.91. The Morgan fingerprint density at radius 1 is 1.21 bits per heavy atom. The minimum Gasteiger partial charge on any atom is -0.326 e. The molecule has 0 radical (unpaired) electrons. The highest BCUT2D eigenvalue weighted by molar-refractivity contribution is 5.25. The summed E-state index contributed by atoms with van der Waals surface area (Å²) in [6, 6.07) is 0. The quantitative estimate of drug-likeness (QED) is 0.775. The molecular weight excluding hydrogens is 174 g/mol. The van der Waals surface area contributed by atoms with Crippen LogP contribution in [0.25, 0.3) is 0 Å². The number of aromatic nitrogens is 2. The molecule has 0 bridgehead atoms. The fraction of sp³-hybridized carbons (Fsp3) is 0.636. The highest BCUT2D eigenvalue weighted by Gasteiger charge is 2.23. The van der Waals surface area contributed by atoms with E-state index >= 15 is 0 Å². The summed E-state index contributed by atoms with van der Waals surface area (Å²) in [5.41, 5.74) is 8.86. The normalized spacial score (nSPS) is 16.8. The van der Waals surface area contributed by atoms with Crippen molar-refractivity contribution in [1.82, 2.24) is 9.97 Å². The summed E-state index contributed by atoms with van der Waals surface area (Å²) in [7, 11) is 0. The summed E-state index contributed by atoms with van der Waals surface area (Å²) in [5.74, 6) is 1.64. The van der Waals surface area contributed by atoms with E-state index < -0.39 is 0 Å². The Morgan fingerprint density at radius 2 is 1.79 bits per heavy atom. The van der Waals surface area contributed by atoms with Gasteiger partial charge in [-0.1, -0.05) is 6.42 Å². The van der Waals surface area contributed by atoms with Gasteiger partial charge < -0.3 is 5.73 Å². The maximum atomic E-state index is 5.64. The SMILES string of the molecule is Cc1nc(C2CCC2)nc(C)c1CN. The van der Waals surface area contributed by atoms with E-state index in [0.717, 1.165) is 22.8 Å². The molecule has 1 fully saturated rings. The molecule has 1 aliphatic rings. The Kier molecular flexibility index (Phi) is 2.50. The number of aryl methyl sites for hydroxylation is 2. The van der Waals surface area contributed by atoms with E-state index in [4.69, 9.17) is 5.73 Å². The van der Waals surface area contributed by atoms with Crippen LogP contribution in [0.2, 0.25) is 0 Å². The van der Waals surface area contributed by atoms with Gasteiger partial charge in [0, 0.05) is 29.4 Å². The number of nitrogens with zero attached hydrogens (tertiary/aromatic N) is 2. The molecule has 0 saturated heterocycles. The van der Waals surface area contributed by atoms with Crippen molar-refractivity contribution in [2.45, 2.75) is 45.6 Å². The molecule has 1 heterocycles. The number of rotatable bonds is 2. The summed E-state index contributed by atoms with van der Waals surface area (Å²) in [6.07, 6.45) is 3.83. The van der Waals surface area contributed by atoms with Crippen LogP contribution in [-0.4, -0.2) is 9.97 Å². The van der Waals surface area contributed by atoms with Crippen molar-refractivity contribution >= 4 is 0 Å². The highest BCUT2D eigenvalue weighted by Crippen LogP contribution is 2.34. The van der Waals surface area contributed by atoms with Crippen LogP contribution in [0.4, 0.5) is 0 Å². The second-order valence-electron chi connectivity index (χ2n) is 4.06. The molecule has 0 spiro atoms. The molecule has 2 rings (SSSR count). The van der Waals surface area contributed by atoms with E-state index in [1.165, 1.54) is 19.3 Å². The van der Waals surface area contributed by atoms with Crippen molar-refractivity contribution in [1.29, 1.82) is 0 Å². The van der Waals surface area contributed by atoms with Gasteiger partial charge in [-0.25, -0.2) is 9.97 Å². The van der Waals surface area contributed by atoms with E-state index in [1.54, 1.807) is 0 Å². The lowest BCUT2D eigenvalue weighted by atomic mass is 9.84. The monoisotopic (exact) mass is 191 g/mol. The van der Waals surface area contributed by atoms with E-state index in [1.807, 2.05) is 13.8 Å². The first-order valence-electron chi connectivity index (χ1n) is 5.26. The first-order chi connectivity index (χ1) is 6.72. The number of nitrogens with two attached hydrogens (primary N) is 1. The van der Waals surface area contributed by atoms with E-state index in [-0.39, 0.29) is 0 Å². The van der Waals surface area contributed by atoms with Crippen LogP contribution in [-0.2, 0) is 6.54 Å². The molecule has 3 nitrogen and oxygen atoms in total. The Hall–Kier alpha value is -0.960. The summed E-state index contributed by atoms with van der Waals surface area (Å²) < 4.78 is 0. The lowest BCUT2D eigenvalue weighted by molar-refractivity contribution is 0.399. The fourth-order valence-electron chi connectivity index (χ4n) is 1.91. The lowest BCUT2D eigenvalue weighted by Crippen LogP contribution is -2.16. The molecule has 3 heteroatoms. The molecule has 1 saturated carbocycles. The summed E-state index contributed by atoms with van der Waals surface area (Å²) >= 11 is 0. The third kappa shape index (κ3) is 1.52. The van der Waals surface area contributed by atoms with Crippen LogP contribution in [0.5, 0.6) is 0 Å². The zero-order valence-corrected chi connectivity index (χ0v) is 8.88. The van der Waals surface area contributed by atoms with Gasteiger partial charge in [-0.3, -0.25) is 0 Å². The van der Waals surface area contributed by atoms with Crippen molar-refractivity contribution < 1.29 is 0 Å². The largest absolute Gasteiger partial charge is 0.326 e. The third-order valence-corrected chi connectivity index (χ3v) is 3.11. The van der Waals surface area contributed by atoms with Gasteiger partial charge in [-0.2, -0.15) is 0 Å². The second-order valence-corrected chi connectivity index (χ2v) is 4.06. The molecule has 14 heavy (non-hydrogen) atoms. The second kappa shape index (κ2) is 3.65. The standard InChI is InChI=1S/C11H17N3/c1-7-10(6-12)8(2)14-11(13-7)9-4-3-5-9/h9H,3-6,12H2,1-2H3. The van der Waals surface area contributed by atoms with E-state index in [2.05, 4.69) is 9.97 Å². The first kappa shape index (κ1) is 9.59. The molecule has 0 aliphatic heterocycles. The van der Waals surface area contributed by atoms with Crippen LogP contribution in [0.3, 0.4) is 0 Å². The van der Waals surface area contributed by atoms with E-state index in [9.17, 15) is 0 Å². The maximum Gasteiger partial charge on any atom is 0.131 e. The van der Waals surface area contributed by atoms with Crippen molar-refractivity contribution in [2.24, 2.45) is 5.73 Å². The van der Waals surface area contributed by atoms with E-state index in [0.29, 0.717) is 12.5 Å². The van der Waals surface area contributed by atoms with Gasteiger partial charge in [0.25, 0.3) is 0 Å². The summed E-state index contributed by atoms with van der Waals surface area (Å²) in [6.45, 7) is 4.60. The first-order valence-corrected chi connectivity index (χ1v) is 5.26. The van der Waals surface area contributed by atoms with Crippen molar-refractivity contribution in [3.63, 3.8) is 0 Å². The molecule has 0 atom stereocenters. The lowest BCUT2D eigenvalue weighted by Gasteiger charge is -2.24. The predicted octanol–water partition coefficient (Wildman–Crippen LogP) is 1.82. The minimum absolute atomic E-state index is 0.544. The molecule has 0 unspecified atom stereocenters. The maximum absolute atomic E-state index is 5.64. The highest BCUT2D eigenvalue weighted by atomic mass is 14.9. The molecule has 2 N–H and O–H groups in total. The van der Waals surface area contributed by atoms with Gasteiger partial charge in [-0.05, 0) is 26.7 Å². The Labute approximate surface area is 84.8 Å². The summed E-state index contributed by atoms with van der Waals surface area (Å²) in [5, 5.41) is 0. The van der Waals surface area contributed by atoms with Crippen LogP contribution in [0, 0.1) is 13.8 Å². The smallest absolute Gasteiger partial charge is 0.131 e. The number of hydrogen-bond donors (Lipinski definition) is 1. The van der Waals surface area contributed by atoms with Gasteiger partial charge in [-0.15, -0.1) is 0 Å². The molecular formula is C11H17N3. The zero-order chi connectivity index (χ0) is 10.1. The molecule has 1 aromatic rings. The van der Waals surface area contributed by atoms with Crippen molar-refractivity contribution in [3.05, 3.63) is 22.8 Å². The van der Waals surface area contributed by atoms with Crippen molar-refractivity contribution in [2.75, 3.05) is 0 Å². The molecule has 0 aromatic carbocycles. The van der Waals surface area contributed by atoms with Gasteiger partial charge in [0.05, 0.1) is 0 Å². The van der Waals surface area contributed by atoms with Gasteiger partial charge in [0.1, 0.15) is 5.82 Å². The Morgan fingerprint density at radius 3 is 2.14 bits per heavy atom. The molecule has 0 amide bonds. The minimum atomic E-state index is 0.544. The Balaban J connectivity index is 2.35. The van der Waals surface area contributed by atoms with Crippen LogP contribution in [0.1, 0.15) is 48.0 Å². The average molecular weight is 191 g/mol. The average Bonchev–Trinajstić information content (AvgIpc) is 2.00. The Bertz CT molecular complexity index is 319. The predicted molar refractivity (Wildman–Crippen MR) is 56.0 cm³/mol. The molecule has 1 aliphatic carbocycles. The molecule has 1 aromatic heterocycles. The van der Waals surface area contributed by atoms with Crippen LogP contribution in [0.15, 0.2) is 0 Å². The van der Waals surface area contributed by atoms with Gasteiger partial charge in [0.2, 0.25) is 0 Å². The van der Waals surface area contributed by atoms with Gasteiger partial charge in [0.15, 0.2) is 0 Å². The summed E-state index contributed by atoms with van der Waals surface area (Å²) in [4.78, 5) is 9.07. The third-order valence-electron chi connectivity index (χ3n) is 3.11. The van der Waals surface area contributed by atoms with Crippen LogP contribution >= 0.6 is 0 Å². The molecule has 76 valence electrons.